The highest BCUT2D eigenvalue weighted by molar-refractivity contribution is 7.80. The monoisotopic (exact) mass is 500 g/mol. The zero-order valence-electron chi connectivity index (χ0n) is 20.4. The molecular formula is C29H29ClN4S. The predicted molar refractivity (Wildman–Crippen MR) is 149 cm³/mol. The molecule has 0 bridgehead atoms. The van der Waals surface area contributed by atoms with Gasteiger partial charge in [-0.05, 0) is 98.6 Å². The van der Waals surface area contributed by atoms with Crippen LogP contribution in [0, 0.1) is 20.8 Å². The minimum absolute atomic E-state index is 0.0516. The van der Waals surface area contributed by atoms with E-state index in [-0.39, 0.29) is 12.1 Å². The smallest absolute Gasteiger partial charge is 0.174 e. The van der Waals surface area contributed by atoms with Crippen LogP contribution in [0.2, 0.25) is 5.02 Å². The number of rotatable bonds is 5. The second-order valence-electron chi connectivity index (χ2n) is 9.11. The molecule has 1 aliphatic rings. The Morgan fingerprint density at radius 2 is 1.77 bits per heavy atom. The Balaban J connectivity index is 1.68. The normalized spacial score (nSPS) is 17.6. The molecule has 178 valence electrons. The maximum absolute atomic E-state index is 6.40. The predicted octanol–water partition coefficient (Wildman–Crippen LogP) is 7.19. The van der Waals surface area contributed by atoms with Crippen molar-refractivity contribution in [2.45, 2.75) is 46.2 Å². The van der Waals surface area contributed by atoms with E-state index in [4.69, 9.17) is 28.8 Å². The van der Waals surface area contributed by atoms with Crippen molar-refractivity contribution in [3.05, 3.63) is 112 Å². The highest BCUT2D eigenvalue weighted by Crippen LogP contribution is 2.44. The van der Waals surface area contributed by atoms with E-state index < -0.39 is 0 Å². The van der Waals surface area contributed by atoms with E-state index in [2.05, 4.69) is 84.9 Å². The summed E-state index contributed by atoms with van der Waals surface area (Å²) in [5, 5.41) is 5.01. The van der Waals surface area contributed by atoms with Crippen LogP contribution >= 0.6 is 23.8 Å². The van der Waals surface area contributed by atoms with Gasteiger partial charge in [-0.25, -0.2) is 0 Å². The summed E-state index contributed by atoms with van der Waals surface area (Å²) in [5.41, 5.74) is 9.16. The molecule has 0 aliphatic carbocycles. The quantitative estimate of drug-likeness (QED) is 0.294. The zero-order valence-corrected chi connectivity index (χ0v) is 22.0. The van der Waals surface area contributed by atoms with E-state index in [1.54, 1.807) is 0 Å². The Labute approximate surface area is 217 Å². The molecule has 1 fully saturated rings. The summed E-state index contributed by atoms with van der Waals surface area (Å²) < 4.78 is 2.30. The summed E-state index contributed by atoms with van der Waals surface area (Å²) in [7, 11) is 0. The minimum Gasteiger partial charge on any atom is -0.351 e. The Hall–Kier alpha value is -3.15. The second-order valence-corrected chi connectivity index (χ2v) is 9.93. The number of hydrogen-bond donors (Lipinski definition) is 1. The first-order valence-corrected chi connectivity index (χ1v) is 12.7. The highest BCUT2D eigenvalue weighted by atomic mass is 35.5. The van der Waals surface area contributed by atoms with Crippen molar-refractivity contribution in [1.29, 1.82) is 0 Å². The van der Waals surface area contributed by atoms with Crippen molar-refractivity contribution in [3.63, 3.8) is 0 Å². The lowest BCUT2D eigenvalue weighted by Crippen LogP contribution is -2.29. The van der Waals surface area contributed by atoms with Gasteiger partial charge in [0.15, 0.2) is 5.11 Å². The Kier molecular flexibility index (Phi) is 6.39. The lowest BCUT2D eigenvalue weighted by Gasteiger charge is -2.28. The molecule has 0 radical (unpaired) electrons. The van der Waals surface area contributed by atoms with Crippen molar-refractivity contribution in [3.8, 4) is 5.69 Å². The number of benzene rings is 2. The maximum Gasteiger partial charge on any atom is 0.174 e. The van der Waals surface area contributed by atoms with Gasteiger partial charge >= 0.3 is 0 Å². The molecule has 5 rings (SSSR count). The molecule has 4 nitrogen and oxygen atoms in total. The average Bonchev–Trinajstić information content (AvgIpc) is 3.36. The number of halogens is 1. The third-order valence-electron chi connectivity index (χ3n) is 6.92. The SMILES string of the molecule is CCc1ccc(N2C(=S)NC(c3ccccn3)C2c2cc(C)n(-c3cc(Cl)ccc3C)c2C)cc1. The topological polar surface area (TPSA) is 33.1 Å². The number of nitrogens with zero attached hydrogens (tertiary/aromatic N) is 3. The molecule has 35 heavy (non-hydrogen) atoms. The van der Waals surface area contributed by atoms with Crippen molar-refractivity contribution in [2.75, 3.05) is 4.90 Å². The lowest BCUT2D eigenvalue weighted by atomic mass is 9.96. The summed E-state index contributed by atoms with van der Waals surface area (Å²) in [6.07, 6.45) is 2.84. The molecule has 0 saturated carbocycles. The Bertz CT molecular complexity index is 1380. The molecule has 0 spiro atoms. The van der Waals surface area contributed by atoms with Gasteiger partial charge in [-0.3, -0.25) is 4.98 Å². The summed E-state index contributed by atoms with van der Waals surface area (Å²) in [4.78, 5) is 6.94. The molecule has 1 saturated heterocycles. The van der Waals surface area contributed by atoms with Crippen LogP contribution in [0.25, 0.3) is 5.69 Å². The maximum atomic E-state index is 6.40. The fraction of sp³-hybridized carbons (Fsp3) is 0.241. The van der Waals surface area contributed by atoms with Gasteiger partial charge < -0.3 is 14.8 Å². The van der Waals surface area contributed by atoms with Crippen molar-refractivity contribution >= 4 is 34.6 Å². The van der Waals surface area contributed by atoms with E-state index in [1.807, 2.05) is 30.5 Å². The molecule has 2 unspecified atom stereocenters. The molecule has 2 aromatic heterocycles. The number of pyridine rings is 1. The van der Waals surface area contributed by atoms with Crippen LogP contribution in [-0.4, -0.2) is 14.7 Å². The first kappa shape index (κ1) is 23.6. The minimum atomic E-state index is -0.0797. The van der Waals surface area contributed by atoms with Gasteiger partial charge in [-0.2, -0.15) is 0 Å². The van der Waals surface area contributed by atoms with Gasteiger partial charge in [0.1, 0.15) is 0 Å². The zero-order chi connectivity index (χ0) is 24.7. The van der Waals surface area contributed by atoms with E-state index in [0.717, 1.165) is 34.2 Å². The summed E-state index contributed by atoms with van der Waals surface area (Å²) in [6.45, 7) is 8.62. The van der Waals surface area contributed by atoms with Crippen LogP contribution in [0.1, 0.15) is 52.8 Å². The summed E-state index contributed by atoms with van der Waals surface area (Å²) in [5.74, 6) is 0. The van der Waals surface area contributed by atoms with Gasteiger partial charge in [0.2, 0.25) is 0 Å². The van der Waals surface area contributed by atoms with Crippen molar-refractivity contribution in [1.82, 2.24) is 14.9 Å². The van der Waals surface area contributed by atoms with Crippen molar-refractivity contribution in [2.24, 2.45) is 0 Å². The molecule has 2 atom stereocenters. The van der Waals surface area contributed by atoms with Crippen LogP contribution in [0.5, 0.6) is 0 Å². The number of nitrogens with one attached hydrogen (secondary N) is 1. The van der Waals surface area contributed by atoms with E-state index in [1.165, 1.54) is 22.4 Å². The molecule has 2 aromatic carbocycles. The van der Waals surface area contributed by atoms with Gasteiger partial charge in [-0.15, -0.1) is 0 Å². The lowest BCUT2D eigenvalue weighted by molar-refractivity contribution is 0.565. The van der Waals surface area contributed by atoms with Crippen LogP contribution in [0.15, 0.2) is 72.9 Å². The molecule has 0 amide bonds. The standard InChI is InChI=1S/C29H29ClN4S/c1-5-21-10-13-23(14-11-21)34-28(27(32-29(34)35)25-8-6-7-15-31-25)24-16-19(3)33(20(24)4)26-17-22(30)12-9-18(26)2/h6-17,27-28H,5H2,1-4H3,(H,32,35). The Morgan fingerprint density at radius 1 is 1.00 bits per heavy atom. The van der Waals surface area contributed by atoms with E-state index in [9.17, 15) is 0 Å². The third-order valence-corrected chi connectivity index (χ3v) is 7.47. The molecule has 3 heterocycles. The summed E-state index contributed by atoms with van der Waals surface area (Å²) >= 11 is 12.3. The second kappa shape index (κ2) is 9.48. The fourth-order valence-corrected chi connectivity index (χ4v) is 5.63. The number of anilines is 1. The highest BCUT2D eigenvalue weighted by Gasteiger charge is 2.42. The molecule has 1 N–H and O–H groups in total. The first-order valence-electron chi connectivity index (χ1n) is 11.9. The fourth-order valence-electron chi connectivity index (χ4n) is 5.12. The Morgan fingerprint density at radius 3 is 2.46 bits per heavy atom. The van der Waals surface area contributed by atoms with Crippen LogP contribution < -0.4 is 10.2 Å². The van der Waals surface area contributed by atoms with E-state index >= 15 is 0 Å². The van der Waals surface area contributed by atoms with Gasteiger partial charge in [0.25, 0.3) is 0 Å². The van der Waals surface area contributed by atoms with Gasteiger partial charge in [0.05, 0.1) is 17.8 Å². The number of thiocarbonyl (C=S) groups is 1. The van der Waals surface area contributed by atoms with Crippen LogP contribution in [0.3, 0.4) is 0 Å². The third kappa shape index (κ3) is 4.24. The number of hydrogen-bond acceptors (Lipinski definition) is 2. The van der Waals surface area contributed by atoms with Gasteiger partial charge in [-0.1, -0.05) is 42.8 Å². The van der Waals surface area contributed by atoms with Gasteiger partial charge in [0, 0.05) is 34.0 Å². The van der Waals surface area contributed by atoms with E-state index in [0.29, 0.717) is 5.11 Å². The van der Waals surface area contributed by atoms with Crippen molar-refractivity contribution < 1.29 is 0 Å². The number of aromatic nitrogens is 2. The number of aryl methyl sites for hydroxylation is 3. The van der Waals surface area contributed by atoms with Crippen LogP contribution in [-0.2, 0) is 6.42 Å². The molecule has 1 aliphatic heterocycles. The summed E-state index contributed by atoms with van der Waals surface area (Å²) in [6, 6.07) is 22.9. The first-order chi connectivity index (χ1) is 16.9. The average molecular weight is 501 g/mol. The molecule has 4 aromatic rings. The van der Waals surface area contributed by atoms with Crippen LogP contribution in [0.4, 0.5) is 5.69 Å². The molecular weight excluding hydrogens is 472 g/mol. The largest absolute Gasteiger partial charge is 0.351 e. The molecule has 6 heteroatoms.